The zero-order valence-electron chi connectivity index (χ0n) is 56.3. The van der Waals surface area contributed by atoms with Crippen molar-refractivity contribution in [2.75, 3.05) is 39.3 Å². The molecule has 3 heterocycles. The number of nitrogens with zero attached hydrogens (tertiary/aromatic N) is 6. The van der Waals surface area contributed by atoms with Gasteiger partial charge >= 0.3 is 68.1 Å². The number of hydrogen-bond donors (Lipinski definition) is 3. The molecular formula is C78H60Fe3N9O18. The third kappa shape index (κ3) is 28.4. The van der Waals surface area contributed by atoms with Gasteiger partial charge in [0.25, 0.3) is 0 Å². The van der Waals surface area contributed by atoms with Gasteiger partial charge in [-0.1, -0.05) is 200 Å². The molecule has 12 rings (SSSR count). The minimum Gasteiger partial charge on any atom is -0.872 e. The van der Waals surface area contributed by atoms with E-state index in [2.05, 4.69) is 30.0 Å². The van der Waals surface area contributed by atoms with Crippen LogP contribution >= 0.6 is 0 Å². The van der Waals surface area contributed by atoms with Crippen LogP contribution in [0.2, 0.25) is 0 Å². The van der Waals surface area contributed by atoms with Crippen LogP contribution in [0.25, 0.3) is 32.9 Å². The van der Waals surface area contributed by atoms with Gasteiger partial charge in [-0.15, -0.1) is 34.5 Å². The van der Waals surface area contributed by atoms with E-state index >= 15 is 0 Å². The smallest absolute Gasteiger partial charge is 0.872 e. The van der Waals surface area contributed by atoms with Crippen molar-refractivity contribution < 1.29 is 109 Å². The van der Waals surface area contributed by atoms with Crippen LogP contribution in [-0.4, -0.2) is 94.3 Å². The van der Waals surface area contributed by atoms with E-state index in [1.165, 1.54) is 54.6 Å². The van der Waals surface area contributed by atoms with Gasteiger partial charge in [-0.3, -0.25) is 44.3 Å². The van der Waals surface area contributed by atoms with Crippen LogP contribution in [0.3, 0.4) is 0 Å². The molecule has 0 aliphatic heterocycles. The van der Waals surface area contributed by atoms with Gasteiger partial charge in [0.05, 0.1) is 39.3 Å². The molecule has 0 bridgehead atoms. The van der Waals surface area contributed by atoms with Crippen LogP contribution < -0.4 is 64.0 Å². The summed E-state index contributed by atoms with van der Waals surface area (Å²) in [7, 11) is 0. The van der Waals surface area contributed by atoms with Gasteiger partial charge in [0.2, 0.25) is 17.7 Å². The minimum atomic E-state index is -0.991. The standard InChI is InChI=1S/3C16H16N2O2.3C10H6NO4.3Fe/c3*19-15-7-3-1-5-13(15)11-17-9-10-18-12-14-6-2-4-8-16(14)20;3*12-9(11-14)7-5-6-3-1-2-4-8(6)15-10(7)13;;;/h3*1-8,11-12,19-20H,9-10H2;3*1-5H,(H-,11,12,14);;;/q;;;3*-1;3*+3/p-6. The fraction of sp³-hybridized carbons (Fsp3) is 0.0769. The number of rotatable bonds is 18. The molecule has 9 aromatic carbocycles. The molecule has 3 aromatic heterocycles. The zero-order valence-corrected chi connectivity index (χ0v) is 59.6. The van der Waals surface area contributed by atoms with E-state index in [1.807, 2.05) is 0 Å². The van der Waals surface area contributed by atoms with Crippen LogP contribution in [0.1, 0.15) is 64.5 Å². The van der Waals surface area contributed by atoms with E-state index in [0.717, 1.165) is 16.4 Å². The maximum atomic E-state index is 11.4. The Hall–Kier alpha value is -12.7. The molecule has 12 aromatic rings. The number of para-hydroxylation sites is 9. The maximum Gasteiger partial charge on any atom is 3.00 e. The normalized spacial score (nSPS) is 10.6. The number of hydroxylamine groups is 3. The number of benzene rings is 9. The van der Waals surface area contributed by atoms with Gasteiger partial charge in [-0.05, 0) is 69.8 Å². The summed E-state index contributed by atoms with van der Waals surface area (Å²) in [6.07, 6.45) is 9.33. The molecule has 27 nitrogen and oxygen atoms in total. The van der Waals surface area contributed by atoms with E-state index in [9.17, 15) is 75.0 Å². The summed E-state index contributed by atoms with van der Waals surface area (Å²) >= 11 is 0. The molecule has 0 spiro atoms. The summed E-state index contributed by atoms with van der Waals surface area (Å²) in [6, 6.07) is 64.5. The van der Waals surface area contributed by atoms with Crippen molar-refractivity contribution in [2.45, 2.75) is 0 Å². The second kappa shape index (κ2) is 47.6. The molecule has 0 aliphatic carbocycles. The maximum absolute atomic E-state index is 11.4. The Labute approximate surface area is 647 Å². The van der Waals surface area contributed by atoms with E-state index in [0.29, 0.717) is 106 Å². The second-order valence-electron chi connectivity index (χ2n) is 21.2. The Morgan fingerprint density at radius 1 is 0.278 bits per heavy atom. The molecular weight excluding hydrogens is 1520 g/mol. The molecule has 0 saturated carbocycles. The van der Waals surface area contributed by atoms with E-state index < -0.39 is 34.6 Å². The SMILES string of the molecule is O=C(N[O-])c1cc2ccccc2oc1=O.O=C(N[O-])c1cc2ccccc2oc1=O.O=C(N[O-])c1cc2ccccc2oc1=O.[Fe+3].[Fe+3].[Fe+3].[O-]c1ccccc1C=NCCN=Cc1ccccc1[O-].[O-]c1ccccc1C=NCCN=Cc1ccccc1[O-].[O-]c1ccccc1C=NCCN=Cc1ccccc1[O-]. The number of amides is 3. The Morgan fingerprint density at radius 2 is 0.444 bits per heavy atom. The molecule has 3 radical (unpaired) electrons. The summed E-state index contributed by atoms with van der Waals surface area (Å²) in [5.74, 6) is -3.22. The summed E-state index contributed by atoms with van der Waals surface area (Å²) in [5, 5.41) is 101. The average Bonchev–Trinajstić information content (AvgIpc) is 0.824. The van der Waals surface area contributed by atoms with Gasteiger partial charge in [0.1, 0.15) is 33.4 Å². The quantitative estimate of drug-likeness (QED) is 0.0252. The largest absolute Gasteiger partial charge is 3.00 e. The van der Waals surface area contributed by atoms with Gasteiger partial charge in [0.15, 0.2) is 0 Å². The number of aliphatic imine (C=N–C) groups is 6. The molecule has 3 N–H and O–H groups in total. The molecule has 0 aliphatic rings. The van der Waals surface area contributed by atoms with Crippen molar-refractivity contribution in [3.05, 3.63) is 334 Å². The number of carbonyl (C=O) groups excluding carboxylic acids is 3. The molecule has 0 saturated heterocycles. The Kier molecular flexibility index (Phi) is 38.6. The number of fused-ring (bicyclic) bond motifs is 3. The van der Waals surface area contributed by atoms with Crippen LogP contribution in [0.15, 0.2) is 294 Å². The molecule has 0 atom stereocenters. The first kappa shape index (κ1) is 87.7. The predicted molar refractivity (Wildman–Crippen MR) is 390 cm³/mol. The van der Waals surface area contributed by atoms with Crippen molar-refractivity contribution >= 4 is 87.9 Å². The topological polar surface area (TPSA) is 460 Å². The molecule has 108 heavy (non-hydrogen) atoms. The number of nitrogens with one attached hydrogen (secondary N) is 3. The van der Waals surface area contributed by atoms with E-state index in [1.54, 1.807) is 219 Å². The molecule has 3 amide bonds. The second-order valence-corrected chi connectivity index (χ2v) is 21.2. The molecule has 549 valence electrons. The average molecular weight is 1580 g/mol. The van der Waals surface area contributed by atoms with Gasteiger partial charge in [0, 0.05) is 53.4 Å². The Bertz CT molecular complexity index is 4600. The third-order valence-electron chi connectivity index (χ3n) is 13.9. The third-order valence-corrected chi connectivity index (χ3v) is 13.9. The van der Waals surface area contributed by atoms with Crippen molar-refractivity contribution in [3.8, 4) is 34.5 Å². The summed E-state index contributed by atoms with van der Waals surface area (Å²) in [5.41, 5.74) is 4.66. The summed E-state index contributed by atoms with van der Waals surface area (Å²) < 4.78 is 14.6. The molecule has 30 heteroatoms. The minimum absolute atomic E-state index is 0. The summed E-state index contributed by atoms with van der Waals surface area (Å²) in [4.78, 5) is 91.6. The van der Waals surface area contributed by atoms with Crippen LogP contribution in [0, 0.1) is 15.6 Å². The first-order valence-electron chi connectivity index (χ1n) is 31.4. The van der Waals surface area contributed by atoms with Crippen molar-refractivity contribution in [3.63, 3.8) is 0 Å². The molecule has 0 unspecified atom stereocenters. The number of carbonyl (C=O) groups is 3. The first-order valence-corrected chi connectivity index (χ1v) is 31.4. The van der Waals surface area contributed by atoms with Crippen molar-refractivity contribution in [1.82, 2.24) is 16.4 Å². The Morgan fingerprint density at radius 3 is 0.620 bits per heavy atom. The summed E-state index contributed by atoms with van der Waals surface area (Å²) in [6.45, 7) is 2.87. The number of hydrogen-bond acceptors (Lipinski definition) is 24. The predicted octanol–water partition coefficient (Wildman–Crippen LogP) is 7.17. The first-order chi connectivity index (χ1) is 51.0. The van der Waals surface area contributed by atoms with Crippen LogP contribution in [0.4, 0.5) is 0 Å². The van der Waals surface area contributed by atoms with E-state index in [4.69, 9.17) is 13.3 Å². The van der Waals surface area contributed by atoms with Gasteiger partial charge in [-0.25, -0.2) is 14.4 Å². The van der Waals surface area contributed by atoms with Gasteiger partial charge < -0.3 is 76.0 Å². The monoisotopic (exact) mass is 1580 g/mol. The fourth-order valence-electron chi connectivity index (χ4n) is 8.67. The Balaban J connectivity index is 0.000000274. The fourth-order valence-corrected chi connectivity index (χ4v) is 8.67. The van der Waals surface area contributed by atoms with Crippen LogP contribution in [0.5, 0.6) is 34.5 Å². The van der Waals surface area contributed by atoms with Crippen molar-refractivity contribution in [1.29, 1.82) is 0 Å². The van der Waals surface area contributed by atoms with Gasteiger partial charge in [-0.2, -0.15) is 0 Å². The van der Waals surface area contributed by atoms with Crippen molar-refractivity contribution in [2.24, 2.45) is 30.0 Å². The van der Waals surface area contributed by atoms with Crippen LogP contribution in [-0.2, 0) is 51.2 Å². The molecule has 0 fully saturated rings. The zero-order chi connectivity index (χ0) is 75.1. The van der Waals surface area contributed by atoms with E-state index in [-0.39, 0.29) is 102 Å².